The van der Waals surface area contributed by atoms with Crippen LogP contribution in [-0.2, 0) is 19.1 Å². The van der Waals surface area contributed by atoms with Crippen molar-refractivity contribution in [2.75, 3.05) is 7.11 Å². The Kier molecular flexibility index (Phi) is 1.26. The van der Waals surface area contributed by atoms with Gasteiger partial charge in [0.2, 0.25) is 0 Å². The number of fused-ring (bicyclic) bond motifs is 1. The number of hydrogen-bond donors (Lipinski definition) is 0. The molecule has 0 amide bonds. The van der Waals surface area contributed by atoms with E-state index < -0.39 is 17.4 Å². The number of carbonyl (C=O) groups excluding carboxylic acids is 2. The molecule has 0 radical (unpaired) electrons. The first-order chi connectivity index (χ1) is 5.63. The summed E-state index contributed by atoms with van der Waals surface area (Å²) in [5.41, 5.74) is -0.922. The average molecular weight is 170 g/mol. The van der Waals surface area contributed by atoms with Crippen LogP contribution in [0.2, 0.25) is 0 Å². The molecule has 0 unspecified atom stereocenters. The van der Waals surface area contributed by atoms with Gasteiger partial charge in [-0.15, -0.1) is 0 Å². The second-order valence-corrected chi connectivity index (χ2v) is 3.38. The number of methoxy groups -OCH3 is 1. The first-order valence-electron chi connectivity index (χ1n) is 3.92. The lowest BCUT2D eigenvalue weighted by Crippen LogP contribution is -2.25. The van der Waals surface area contributed by atoms with Crippen molar-refractivity contribution in [3.63, 3.8) is 0 Å². The van der Waals surface area contributed by atoms with Crippen LogP contribution in [0, 0.1) is 11.3 Å². The van der Waals surface area contributed by atoms with Crippen LogP contribution < -0.4 is 0 Å². The minimum Gasteiger partial charge on any atom is -0.468 e. The van der Waals surface area contributed by atoms with Crippen LogP contribution in [-0.4, -0.2) is 25.2 Å². The first kappa shape index (κ1) is 7.58. The standard InChI is InChI=1S/C8H10O4/c1-4-5-3-8(5,6(9)11-2)7(10)12-4/h4-5H,3H2,1-2H3/t4-,5-,8-/m1/s1. The van der Waals surface area contributed by atoms with Gasteiger partial charge in [-0.05, 0) is 13.3 Å². The molecule has 0 aromatic carbocycles. The molecule has 4 nitrogen and oxygen atoms in total. The third kappa shape index (κ3) is 0.629. The molecule has 2 fully saturated rings. The summed E-state index contributed by atoms with van der Waals surface area (Å²) < 4.78 is 9.47. The maximum absolute atomic E-state index is 11.2. The van der Waals surface area contributed by atoms with Crippen molar-refractivity contribution in [2.24, 2.45) is 11.3 Å². The van der Waals surface area contributed by atoms with Crippen molar-refractivity contribution >= 4 is 11.9 Å². The summed E-state index contributed by atoms with van der Waals surface area (Å²) in [7, 11) is 1.29. The molecule has 1 saturated carbocycles. The van der Waals surface area contributed by atoms with E-state index in [0.717, 1.165) is 0 Å². The lowest BCUT2D eigenvalue weighted by Gasteiger charge is -2.06. The molecule has 1 saturated heterocycles. The highest BCUT2D eigenvalue weighted by Gasteiger charge is 2.74. The van der Waals surface area contributed by atoms with Crippen molar-refractivity contribution in [3.8, 4) is 0 Å². The zero-order valence-electron chi connectivity index (χ0n) is 6.99. The minimum atomic E-state index is -0.922. The molecule has 3 atom stereocenters. The van der Waals surface area contributed by atoms with Gasteiger partial charge in [0.1, 0.15) is 6.10 Å². The maximum Gasteiger partial charge on any atom is 0.324 e. The second kappa shape index (κ2) is 2.00. The summed E-state index contributed by atoms with van der Waals surface area (Å²) >= 11 is 0. The monoisotopic (exact) mass is 170 g/mol. The Hall–Kier alpha value is -1.06. The fourth-order valence-corrected chi connectivity index (χ4v) is 1.95. The molecule has 0 spiro atoms. The number of rotatable bonds is 1. The van der Waals surface area contributed by atoms with Gasteiger partial charge in [0.25, 0.3) is 0 Å². The number of carbonyl (C=O) groups is 2. The minimum absolute atomic E-state index is 0.0532. The van der Waals surface area contributed by atoms with Gasteiger partial charge in [0, 0.05) is 5.92 Å². The van der Waals surface area contributed by atoms with Crippen molar-refractivity contribution in [2.45, 2.75) is 19.4 Å². The van der Waals surface area contributed by atoms with E-state index >= 15 is 0 Å². The first-order valence-corrected chi connectivity index (χ1v) is 3.92. The fraction of sp³-hybridized carbons (Fsp3) is 0.750. The van der Waals surface area contributed by atoms with Crippen LogP contribution in [0.25, 0.3) is 0 Å². The molecule has 1 aliphatic carbocycles. The van der Waals surface area contributed by atoms with Gasteiger partial charge in [-0.3, -0.25) is 9.59 Å². The van der Waals surface area contributed by atoms with E-state index in [1.807, 2.05) is 0 Å². The lowest BCUT2D eigenvalue weighted by molar-refractivity contribution is -0.159. The number of hydrogen-bond acceptors (Lipinski definition) is 4. The Morgan fingerprint density at radius 1 is 1.75 bits per heavy atom. The summed E-state index contributed by atoms with van der Waals surface area (Å²) in [5.74, 6) is -0.800. The van der Waals surface area contributed by atoms with Crippen LogP contribution >= 0.6 is 0 Å². The highest BCUT2D eigenvalue weighted by atomic mass is 16.6. The van der Waals surface area contributed by atoms with Gasteiger partial charge >= 0.3 is 11.9 Å². The van der Waals surface area contributed by atoms with Crippen LogP contribution in [0.4, 0.5) is 0 Å². The topological polar surface area (TPSA) is 52.6 Å². The largest absolute Gasteiger partial charge is 0.468 e. The molecule has 0 aromatic rings. The third-order valence-electron chi connectivity index (χ3n) is 2.79. The molecule has 1 heterocycles. The highest BCUT2D eigenvalue weighted by molar-refractivity contribution is 6.05. The van der Waals surface area contributed by atoms with E-state index in [-0.39, 0.29) is 12.0 Å². The summed E-state index contributed by atoms with van der Waals surface area (Å²) in [4.78, 5) is 22.4. The SMILES string of the molecule is COC(=O)[C@@]12C[C@@H]1[C@@H](C)OC2=O. The molecule has 0 bridgehead atoms. The van der Waals surface area contributed by atoms with Crippen molar-refractivity contribution in [1.82, 2.24) is 0 Å². The zero-order valence-corrected chi connectivity index (χ0v) is 6.99. The average Bonchev–Trinajstić information content (AvgIpc) is 2.73. The van der Waals surface area contributed by atoms with E-state index in [4.69, 9.17) is 4.74 Å². The Labute approximate surface area is 69.8 Å². The number of cyclic esters (lactones) is 1. The Morgan fingerprint density at radius 2 is 2.42 bits per heavy atom. The predicted molar refractivity (Wildman–Crippen MR) is 38.1 cm³/mol. The Morgan fingerprint density at radius 3 is 2.75 bits per heavy atom. The van der Waals surface area contributed by atoms with Crippen LogP contribution in [0.3, 0.4) is 0 Å². The smallest absolute Gasteiger partial charge is 0.324 e. The van der Waals surface area contributed by atoms with Gasteiger partial charge in [-0.2, -0.15) is 0 Å². The summed E-state index contributed by atoms with van der Waals surface area (Å²) in [6.07, 6.45) is 0.469. The highest BCUT2D eigenvalue weighted by Crippen LogP contribution is 2.61. The van der Waals surface area contributed by atoms with E-state index in [2.05, 4.69) is 4.74 Å². The number of ether oxygens (including phenoxy) is 2. The van der Waals surface area contributed by atoms with Gasteiger partial charge < -0.3 is 9.47 Å². The summed E-state index contributed by atoms with van der Waals surface area (Å²) in [6, 6.07) is 0. The molecule has 12 heavy (non-hydrogen) atoms. The molecule has 66 valence electrons. The maximum atomic E-state index is 11.2. The molecule has 2 aliphatic rings. The molecule has 1 aliphatic heterocycles. The normalized spacial score (nSPS) is 43.3. The van der Waals surface area contributed by atoms with E-state index in [1.54, 1.807) is 6.92 Å². The Balaban J connectivity index is 2.26. The van der Waals surface area contributed by atoms with Gasteiger partial charge in [-0.25, -0.2) is 0 Å². The van der Waals surface area contributed by atoms with Crippen LogP contribution in [0.15, 0.2) is 0 Å². The quantitative estimate of drug-likeness (QED) is 0.414. The van der Waals surface area contributed by atoms with Crippen molar-refractivity contribution in [3.05, 3.63) is 0 Å². The molecule has 0 N–H and O–H groups in total. The van der Waals surface area contributed by atoms with Gasteiger partial charge in [0.05, 0.1) is 7.11 Å². The lowest BCUT2D eigenvalue weighted by atomic mass is 10.1. The van der Waals surface area contributed by atoms with Crippen LogP contribution in [0.1, 0.15) is 13.3 Å². The van der Waals surface area contributed by atoms with Crippen molar-refractivity contribution < 1.29 is 19.1 Å². The van der Waals surface area contributed by atoms with Gasteiger partial charge in [-0.1, -0.05) is 0 Å². The molecule has 2 rings (SSSR count). The fourth-order valence-electron chi connectivity index (χ4n) is 1.95. The van der Waals surface area contributed by atoms with Crippen LogP contribution in [0.5, 0.6) is 0 Å². The molecule has 4 heteroatoms. The molecular weight excluding hydrogens is 160 g/mol. The molecule has 0 aromatic heterocycles. The summed E-state index contributed by atoms with van der Waals surface area (Å²) in [6.45, 7) is 1.81. The van der Waals surface area contributed by atoms with E-state index in [0.29, 0.717) is 6.42 Å². The summed E-state index contributed by atoms with van der Waals surface area (Å²) in [5, 5.41) is 0. The molecular formula is C8H10O4. The van der Waals surface area contributed by atoms with E-state index in [1.165, 1.54) is 7.11 Å². The van der Waals surface area contributed by atoms with Gasteiger partial charge in [0.15, 0.2) is 5.41 Å². The predicted octanol–water partition coefficient (Wildman–Crippen LogP) is 0.111. The Bertz CT molecular complexity index is 250. The second-order valence-electron chi connectivity index (χ2n) is 3.38. The van der Waals surface area contributed by atoms with E-state index in [9.17, 15) is 9.59 Å². The zero-order chi connectivity index (χ0) is 8.93. The number of esters is 2. The van der Waals surface area contributed by atoms with Crippen molar-refractivity contribution in [1.29, 1.82) is 0 Å². The third-order valence-corrected chi connectivity index (χ3v) is 2.79.